The Morgan fingerprint density at radius 1 is 1.37 bits per heavy atom. The minimum Gasteiger partial charge on any atom is -0.365 e. The summed E-state index contributed by atoms with van der Waals surface area (Å²) in [5, 5.41) is 2.68. The van der Waals surface area contributed by atoms with E-state index >= 15 is 0 Å². The average molecular weight is 260 g/mol. The summed E-state index contributed by atoms with van der Waals surface area (Å²) in [6, 6.07) is 8.51. The monoisotopic (exact) mass is 260 g/mol. The Balaban J connectivity index is 1.69. The minimum absolute atomic E-state index is 0.0868. The van der Waals surface area contributed by atoms with Gasteiger partial charge in [-0.25, -0.2) is 0 Å². The predicted octanol–water partition coefficient (Wildman–Crippen LogP) is 1.25. The fourth-order valence-electron chi connectivity index (χ4n) is 3.15. The van der Waals surface area contributed by atoms with Gasteiger partial charge in [0, 0.05) is 20.1 Å². The molecule has 4 heteroatoms. The molecule has 3 rings (SSSR count). The van der Waals surface area contributed by atoms with E-state index in [-0.39, 0.29) is 11.5 Å². The first-order valence-corrected chi connectivity index (χ1v) is 6.89. The van der Waals surface area contributed by atoms with E-state index in [9.17, 15) is 4.79 Å². The zero-order chi connectivity index (χ0) is 13.3. The third-order valence-electron chi connectivity index (χ3n) is 4.32. The highest BCUT2D eigenvalue weighted by atomic mass is 16.5. The van der Waals surface area contributed by atoms with Crippen molar-refractivity contribution in [1.29, 1.82) is 0 Å². The molecule has 1 amide bonds. The number of carbonyl (C=O) groups is 1. The standard InChI is InChI=1S/C15H20N2O2/c1-16-14(18)10-17-8-6-15(7-9-17)13-5-3-2-4-12(13)11-19-15/h2-5H,6-11H2,1H3,(H,16,18). The Hall–Kier alpha value is -1.39. The molecule has 1 saturated heterocycles. The number of ether oxygens (including phenoxy) is 1. The molecule has 0 radical (unpaired) electrons. The van der Waals surface area contributed by atoms with Gasteiger partial charge in [0.25, 0.3) is 0 Å². The predicted molar refractivity (Wildman–Crippen MR) is 72.6 cm³/mol. The van der Waals surface area contributed by atoms with E-state index in [1.807, 2.05) is 0 Å². The number of amides is 1. The largest absolute Gasteiger partial charge is 0.365 e. The molecule has 102 valence electrons. The highest BCUT2D eigenvalue weighted by Gasteiger charge is 2.42. The van der Waals surface area contributed by atoms with Gasteiger partial charge >= 0.3 is 0 Å². The summed E-state index contributed by atoms with van der Waals surface area (Å²) in [5.74, 6) is 0.0868. The summed E-state index contributed by atoms with van der Waals surface area (Å²) in [6.45, 7) is 3.06. The first-order valence-electron chi connectivity index (χ1n) is 6.89. The van der Waals surface area contributed by atoms with Gasteiger partial charge in [0.1, 0.15) is 0 Å². The molecule has 0 unspecified atom stereocenters. The number of nitrogens with one attached hydrogen (secondary N) is 1. The number of likely N-dealkylation sites (tertiary alicyclic amines) is 1. The van der Waals surface area contributed by atoms with E-state index in [2.05, 4.69) is 34.5 Å². The smallest absolute Gasteiger partial charge is 0.233 e. The number of rotatable bonds is 2. The van der Waals surface area contributed by atoms with Crippen LogP contribution in [0, 0.1) is 0 Å². The molecule has 19 heavy (non-hydrogen) atoms. The van der Waals surface area contributed by atoms with Gasteiger partial charge in [0.15, 0.2) is 0 Å². The minimum atomic E-state index is -0.101. The van der Waals surface area contributed by atoms with Crippen LogP contribution in [0.2, 0.25) is 0 Å². The molecule has 2 heterocycles. The van der Waals surface area contributed by atoms with Crippen molar-refractivity contribution in [1.82, 2.24) is 10.2 Å². The van der Waals surface area contributed by atoms with Crippen LogP contribution in [0.1, 0.15) is 24.0 Å². The maximum Gasteiger partial charge on any atom is 0.233 e. The van der Waals surface area contributed by atoms with Crippen molar-refractivity contribution < 1.29 is 9.53 Å². The van der Waals surface area contributed by atoms with E-state index in [0.717, 1.165) is 32.5 Å². The van der Waals surface area contributed by atoms with Crippen LogP contribution in [0.5, 0.6) is 0 Å². The number of hydrogen-bond donors (Lipinski definition) is 1. The number of hydrogen-bond acceptors (Lipinski definition) is 3. The Kier molecular flexibility index (Phi) is 3.29. The van der Waals surface area contributed by atoms with Gasteiger partial charge < -0.3 is 10.1 Å². The van der Waals surface area contributed by atoms with Crippen molar-refractivity contribution in [3.63, 3.8) is 0 Å². The van der Waals surface area contributed by atoms with Crippen molar-refractivity contribution >= 4 is 5.91 Å². The second kappa shape index (κ2) is 4.94. The van der Waals surface area contributed by atoms with Crippen LogP contribution in [0.4, 0.5) is 0 Å². The Labute approximate surface area is 113 Å². The highest BCUT2D eigenvalue weighted by molar-refractivity contribution is 5.77. The normalized spacial score (nSPS) is 21.3. The van der Waals surface area contributed by atoms with Crippen LogP contribution < -0.4 is 5.32 Å². The Morgan fingerprint density at radius 3 is 2.84 bits per heavy atom. The average Bonchev–Trinajstić information content (AvgIpc) is 2.81. The molecule has 1 aromatic carbocycles. The molecular formula is C15H20N2O2. The van der Waals surface area contributed by atoms with Crippen LogP contribution in [-0.2, 0) is 21.7 Å². The Morgan fingerprint density at radius 2 is 2.11 bits per heavy atom. The van der Waals surface area contributed by atoms with Gasteiger partial charge in [-0.1, -0.05) is 24.3 Å². The maximum atomic E-state index is 11.4. The molecule has 1 N–H and O–H groups in total. The molecule has 1 aromatic rings. The summed E-state index contributed by atoms with van der Waals surface area (Å²) in [7, 11) is 1.68. The molecule has 2 aliphatic heterocycles. The summed E-state index contributed by atoms with van der Waals surface area (Å²) in [4.78, 5) is 13.6. The van der Waals surface area contributed by atoms with Gasteiger partial charge in [0.2, 0.25) is 5.91 Å². The lowest BCUT2D eigenvalue weighted by molar-refractivity contribution is -0.124. The molecule has 2 aliphatic rings. The molecule has 0 bridgehead atoms. The Bertz CT molecular complexity index is 479. The third-order valence-corrected chi connectivity index (χ3v) is 4.32. The van der Waals surface area contributed by atoms with Gasteiger partial charge in [-0.3, -0.25) is 9.69 Å². The lowest BCUT2D eigenvalue weighted by atomic mass is 9.84. The van der Waals surface area contributed by atoms with Crippen LogP contribution in [0.25, 0.3) is 0 Å². The second-order valence-electron chi connectivity index (χ2n) is 5.39. The van der Waals surface area contributed by atoms with Gasteiger partial charge in [-0.05, 0) is 24.0 Å². The molecule has 1 fully saturated rings. The number of benzene rings is 1. The second-order valence-corrected chi connectivity index (χ2v) is 5.39. The van der Waals surface area contributed by atoms with Crippen LogP contribution in [0.3, 0.4) is 0 Å². The fraction of sp³-hybridized carbons (Fsp3) is 0.533. The lowest BCUT2D eigenvalue weighted by Gasteiger charge is -2.38. The van der Waals surface area contributed by atoms with Gasteiger partial charge in [0.05, 0.1) is 18.8 Å². The SMILES string of the molecule is CNC(=O)CN1CCC2(CC1)OCc1ccccc12. The summed E-state index contributed by atoms with van der Waals surface area (Å²) in [5.41, 5.74) is 2.58. The van der Waals surface area contributed by atoms with Crippen molar-refractivity contribution in [3.8, 4) is 0 Å². The van der Waals surface area contributed by atoms with Crippen molar-refractivity contribution in [3.05, 3.63) is 35.4 Å². The van der Waals surface area contributed by atoms with E-state index in [4.69, 9.17) is 4.74 Å². The first kappa shape index (κ1) is 12.6. The van der Waals surface area contributed by atoms with Gasteiger partial charge in [-0.15, -0.1) is 0 Å². The fourth-order valence-corrected chi connectivity index (χ4v) is 3.15. The lowest BCUT2D eigenvalue weighted by Crippen LogP contribution is -2.45. The van der Waals surface area contributed by atoms with Crippen molar-refractivity contribution in [2.75, 3.05) is 26.7 Å². The first-order chi connectivity index (χ1) is 9.23. The number of carbonyl (C=O) groups excluding carboxylic acids is 1. The van der Waals surface area contributed by atoms with Crippen LogP contribution in [-0.4, -0.2) is 37.5 Å². The molecule has 0 aliphatic carbocycles. The van der Waals surface area contributed by atoms with E-state index in [1.54, 1.807) is 7.05 Å². The molecule has 0 atom stereocenters. The number of piperidine rings is 1. The molecular weight excluding hydrogens is 240 g/mol. The zero-order valence-corrected chi connectivity index (χ0v) is 11.3. The van der Waals surface area contributed by atoms with Crippen LogP contribution >= 0.6 is 0 Å². The van der Waals surface area contributed by atoms with Crippen molar-refractivity contribution in [2.45, 2.75) is 25.0 Å². The zero-order valence-electron chi connectivity index (χ0n) is 11.3. The number of likely N-dealkylation sites (N-methyl/N-ethyl adjacent to an activating group) is 1. The summed E-state index contributed by atoms with van der Waals surface area (Å²) >= 11 is 0. The van der Waals surface area contributed by atoms with E-state index in [1.165, 1.54) is 11.1 Å². The van der Waals surface area contributed by atoms with E-state index < -0.39 is 0 Å². The van der Waals surface area contributed by atoms with Crippen molar-refractivity contribution in [2.24, 2.45) is 0 Å². The quantitative estimate of drug-likeness (QED) is 0.870. The topological polar surface area (TPSA) is 41.6 Å². The molecule has 0 aromatic heterocycles. The van der Waals surface area contributed by atoms with Gasteiger partial charge in [-0.2, -0.15) is 0 Å². The maximum absolute atomic E-state index is 11.4. The third kappa shape index (κ3) is 2.26. The highest BCUT2D eigenvalue weighted by Crippen LogP contribution is 2.43. The van der Waals surface area contributed by atoms with Crippen LogP contribution in [0.15, 0.2) is 24.3 Å². The summed E-state index contributed by atoms with van der Waals surface area (Å²) in [6.07, 6.45) is 1.95. The molecule has 0 saturated carbocycles. The molecule has 1 spiro atoms. The van der Waals surface area contributed by atoms with E-state index in [0.29, 0.717) is 6.54 Å². The summed E-state index contributed by atoms with van der Waals surface area (Å²) < 4.78 is 6.10. The number of fused-ring (bicyclic) bond motifs is 2. The molecule has 4 nitrogen and oxygen atoms in total. The number of nitrogens with zero attached hydrogens (tertiary/aromatic N) is 1.